The van der Waals surface area contributed by atoms with Gasteiger partial charge in [-0.05, 0) is 0 Å². The van der Waals surface area contributed by atoms with Gasteiger partial charge >= 0.3 is 0 Å². The van der Waals surface area contributed by atoms with Crippen LogP contribution >= 0.6 is 0 Å². The fourth-order valence-electron chi connectivity index (χ4n) is 4.29. The van der Waals surface area contributed by atoms with Crippen LogP contribution in [0.25, 0.3) is 0 Å². The Hall–Kier alpha value is -0.440. The summed E-state index contributed by atoms with van der Waals surface area (Å²) in [5.41, 5.74) is 0. The minimum Gasteiger partial charge on any atom is -0.382 e. The van der Waals surface area contributed by atoms with Crippen molar-refractivity contribution >= 4 is 0 Å². The van der Waals surface area contributed by atoms with Gasteiger partial charge in [-0.15, -0.1) is 0 Å². The van der Waals surface area contributed by atoms with E-state index in [1.807, 2.05) is 0 Å². The zero-order chi connectivity index (χ0) is 23.0. The smallest absolute Gasteiger partial charge is 0.187 e. The molecule has 0 bridgehead atoms. The highest BCUT2D eigenvalue weighted by molar-refractivity contribution is 4.96. The van der Waals surface area contributed by atoms with Crippen LogP contribution in [0, 0.1) is 0 Å². The van der Waals surface area contributed by atoms with E-state index in [0.717, 1.165) is 0 Å². The number of rotatable bonds is 12. The van der Waals surface area contributed by atoms with E-state index in [9.17, 15) is 0 Å². The predicted molar refractivity (Wildman–Crippen MR) is 107 cm³/mol. The van der Waals surface area contributed by atoms with E-state index < -0.39 is 61.4 Å². The molecule has 0 aliphatic carbocycles. The molecule has 0 aromatic heterocycles. The molecule has 0 saturated carbocycles. The van der Waals surface area contributed by atoms with Gasteiger partial charge in [-0.1, -0.05) is 0 Å². The first-order valence-corrected chi connectivity index (χ1v) is 10.2. The molecule has 31 heavy (non-hydrogen) atoms. The lowest BCUT2D eigenvalue weighted by molar-refractivity contribution is -0.365. The van der Waals surface area contributed by atoms with Crippen LogP contribution in [0.15, 0.2) is 0 Å². The third-order valence-corrected chi connectivity index (χ3v) is 5.73. The van der Waals surface area contributed by atoms with Crippen LogP contribution in [-0.4, -0.2) is 132 Å². The molecule has 0 radical (unpaired) electrons. The summed E-state index contributed by atoms with van der Waals surface area (Å²) in [7, 11) is 12.6. The van der Waals surface area contributed by atoms with Crippen molar-refractivity contribution in [1.82, 2.24) is 0 Å². The first-order chi connectivity index (χ1) is 15.0. The standard InChI is InChI=1S/C20H38O11/c1-21-9-11-13(23-3)15(24-4)18(27-7)20(30-11)31-14-12(10-22-2)29-19(28-8)17(26-6)16(14)25-5/h11-20H,9-10H2,1-8H3/t11-,12-,13-,14-,15+,16+,17-,18-,19-,20+/m1/s1. The summed E-state index contributed by atoms with van der Waals surface area (Å²) in [4.78, 5) is 0. The third kappa shape index (κ3) is 5.92. The van der Waals surface area contributed by atoms with Gasteiger partial charge in [0, 0.05) is 56.9 Å². The van der Waals surface area contributed by atoms with Crippen molar-refractivity contribution in [3.63, 3.8) is 0 Å². The second kappa shape index (κ2) is 13.3. The molecular formula is C20H38O11. The minimum atomic E-state index is -0.816. The van der Waals surface area contributed by atoms with Gasteiger partial charge in [-0.3, -0.25) is 0 Å². The monoisotopic (exact) mass is 454 g/mol. The molecule has 11 heteroatoms. The molecule has 11 nitrogen and oxygen atoms in total. The van der Waals surface area contributed by atoms with Crippen LogP contribution in [-0.2, 0) is 52.1 Å². The Balaban J connectivity index is 2.32. The van der Waals surface area contributed by atoms with E-state index in [4.69, 9.17) is 52.1 Å². The Morgan fingerprint density at radius 2 is 0.871 bits per heavy atom. The molecule has 2 rings (SSSR count). The van der Waals surface area contributed by atoms with Crippen LogP contribution in [0.2, 0.25) is 0 Å². The predicted octanol–water partition coefficient (Wildman–Crippen LogP) is -0.164. The Bertz CT molecular complexity index is 496. The lowest BCUT2D eigenvalue weighted by atomic mass is 9.96. The Morgan fingerprint density at radius 3 is 1.32 bits per heavy atom. The molecule has 184 valence electrons. The summed E-state index contributed by atoms with van der Waals surface area (Å²) >= 11 is 0. The number of hydrogen-bond acceptors (Lipinski definition) is 11. The second-order valence-corrected chi connectivity index (χ2v) is 7.33. The lowest BCUT2D eigenvalue weighted by Crippen LogP contribution is -2.66. The maximum absolute atomic E-state index is 6.43. The van der Waals surface area contributed by atoms with E-state index in [0.29, 0.717) is 0 Å². The molecule has 2 aliphatic rings. The fraction of sp³-hybridized carbons (Fsp3) is 1.00. The van der Waals surface area contributed by atoms with Gasteiger partial charge in [0.2, 0.25) is 0 Å². The molecule has 10 atom stereocenters. The van der Waals surface area contributed by atoms with Gasteiger partial charge < -0.3 is 52.1 Å². The average Bonchev–Trinajstić information content (AvgIpc) is 2.79. The lowest BCUT2D eigenvalue weighted by Gasteiger charge is -2.49. The van der Waals surface area contributed by atoms with Crippen LogP contribution in [0.1, 0.15) is 0 Å². The van der Waals surface area contributed by atoms with Crippen LogP contribution < -0.4 is 0 Å². The van der Waals surface area contributed by atoms with Gasteiger partial charge in [0.25, 0.3) is 0 Å². The van der Waals surface area contributed by atoms with E-state index in [1.54, 1.807) is 56.9 Å². The Kier molecular flexibility index (Phi) is 11.5. The summed E-state index contributed by atoms with van der Waals surface area (Å²) in [5.74, 6) is 0. The molecule has 2 saturated heterocycles. The van der Waals surface area contributed by atoms with E-state index in [-0.39, 0.29) is 13.2 Å². The van der Waals surface area contributed by atoms with Gasteiger partial charge in [0.1, 0.15) is 48.8 Å². The molecule has 0 amide bonds. The van der Waals surface area contributed by atoms with E-state index in [1.165, 1.54) is 0 Å². The van der Waals surface area contributed by atoms with Crippen molar-refractivity contribution in [3.05, 3.63) is 0 Å². The molecular weight excluding hydrogens is 416 g/mol. The average molecular weight is 455 g/mol. The topological polar surface area (TPSA) is 102 Å². The SMILES string of the molecule is COC[C@H]1O[C@@H](O[C@H]2[C@H](OC)[C@@H](OC)[C@H](OC)O[C@@H]2COC)[C@H](OC)[C@@H](OC)[C@@H]1OC. The molecule has 2 fully saturated rings. The largest absolute Gasteiger partial charge is 0.382 e. The molecule has 0 aromatic carbocycles. The van der Waals surface area contributed by atoms with E-state index in [2.05, 4.69) is 0 Å². The van der Waals surface area contributed by atoms with Crippen LogP contribution in [0.3, 0.4) is 0 Å². The quantitative estimate of drug-likeness (QED) is 0.393. The summed E-state index contributed by atoms with van der Waals surface area (Å²) in [5, 5.41) is 0. The first kappa shape index (κ1) is 26.8. The van der Waals surface area contributed by atoms with Gasteiger partial charge in [0.05, 0.1) is 13.2 Å². The van der Waals surface area contributed by atoms with Crippen molar-refractivity contribution in [1.29, 1.82) is 0 Å². The molecule has 2 heterocycles. The maximum atomic E-state index is 6.43. The van der Waals surface area contributed by atoms with E-state index >= 15 is 0 Å². The molecule has 0 N–H and O–H groups in total. The maximum Gasteiger partial charge on any atom is 0.187 e. The summed E-state index contributed by atoms with van der Waals surface area (Å²) in [6.45, 7) is 0.540. The molecule has 2 aliphatic heterocycles. The molecule has 0 aromatic rings. The highest BCUT2D eigenvalue weighted by Gasteiger charge is 2.53. The van der Waals surface area contributed by atoms with Gasteiger partial charge in [-0.2, -0.15) is 0 Å². The Morgan fingerprint density at radius 1 is 0.452 bits per heavy atom. The molecule has 0 spiro atoms. The van der Waals surface area contributed by atoms with Crippen molar-refractivity contribution in [2.75, 3.05) is 70.1 Å². The van der Waals surface area contributed by atoms with Crippen LogP contribution in [0.5, 0.6) is 0 Å². The second-order valence-electron chi connectivity index (χ2n) is 7.33. The Labute approximate surface area is 184 Å². The first-order valence-electron chi connectivity index (χ1n) is 10.2. The van der Waals surface area contributed by atoms with Crippen molar-refractivity contribution < 1.29 is 52.1 Å². The summed E-state index contributed by atoms with van der Waals surface area (Å²) in [6.07, 6.45) is -5.50. The number of hydrogen-bond donors (Lipinski definition) is 0. The normalized spacial score (nSPS) is 41.4. The van der Waals surface area contributed by atoms with Gasteiger partial charge in [-0.25, -0.2) is 0 Å². The van der Waals surface area contributed by atoms with Crippen molar-refractivity contribution in [2.45, 2.75) is 61.4 Å². The summed E-state index contributed by atoms with van der Waals surface area (Å²) in [6, 6.07) is 0. The highest BCUT2D eigenvalue weighted by Crippen LogP contribution is 2.33. The third-order valence-electron chi connectivity index (χ3n) is 5.73. The van der Waals surface area contributed by atoms with Crippen LogP contribution in [0.4, 0.5) is 0 Å². The fourth-order valence-corrected chi connectivity index (χ4v) is 4.29. The van der Waals surface area contributed by atoms with Crippen molar-refractivity contribution in [3.8, 4) is 0 Å². The van der Waals surface area contributed by atoms with Gasteiger partial charge in [0.15, 0.2) is 12.6 Å². The summed E-state index contributed by atoms with van der Waals surface area (Å²) < 4.78 is 63.2. The molecule has 0 unspecified atom stereocenters. The number of ether oxygens (including phenoxy) is 11. The highest BCUT2D eigenvalue weighted by atomic mass is 16.8. The zero-order valence-electron chi connectivity index (χ0n) is 19.7. The minimum absolute atomic E-state index is 0.251. The zero-order valence-corrected chi connectivity index (χ0v) is 19.7. The van der Waals surface area contributed by atoms with Crippen molar-refractivity contribution in [2.24, 2.45) is 0 Å². The number of methoxy groups -OCH3 is 8.